The second kappa shape index (κ2) is 6.38. The zero-order valence-corrected chi connectivity index (χ0v) is 12.2. The van der Waals surface area contributed by atoms with Gasteiger partial charge in [-0.15, -0.1) is 0 Å². The summed E-state index contributed by atoms with van der Waals surface area (Å²) < 4.78 is 10.5. The number of benzene rings is 1. The van der Waals surface area contributed by atoms with E-state index in [9.17, 15) is 0 Å². The first-order chi connectivity index (χ1) is 9.62. The van der Waals surface area contributed by atoms with Crippen LogP contribution >= 0.6 is 11.6 Å². The zero-order valence-electron chi connectivity index (χ0n) is 11.5. The number of nitrogens with zero attached hydrogens (tertiary/aromatic N) is 3. The smallest absolute Gasteiger partial charge is 0.322 e. The Morgan fingerprint density at radius 2 is 2.05 bits per heavy atom. The van der Waals surface area contributed by atoms with Crippen LogP contribution < -0.4 is 14.8 Å². The Labute approximate surface area is 122 Å². The van der Waals surface area contributed by atoms with E-state index in [2.05, 4.69) is 20.3 Å². The largest absolute Gasteiger partial charge is 0.495 e. The van der Waals surface area contributed by atoms with Crippen LogP contribution in [0.2, 0.25) is 5.28 Å². The first kappa shape index (κ1) is 14.3. The summed E-state index contributed by atoms with van der Waals surface area (Å²) in [6.07, 6.45) is 0. The van der Waals surface area contributed by atoms with Crippen molar-refractivity contribution >= 4 is 23.2 Å². The quantitative estimate of drug-likeness (QED) is 0.914. The molecule has 1 aromatic carbocycles. The van der Waals surface area contributed by atoms with E-state index in [1.54, 1.807) is 7.11 Å². The molecular formula is C13H15ClN4O2. The van der Waals surface area contributed by atoms with Crippen LogP contribution in [0.15, 0.2) is 18.2 Å². The molecule has 2 aromatic rings. The molecule has 0 amide bonds. The zero-order chi connectivity index (χ0) is 14.5. The Bertz CT molecular complexity index is 607. The number of nitrogens with one attached hydrogen (secondary N) is 1. The molecule has 6 nitrogen and oxygen atoms in total. The van der Waals surface area contributed by atoms with E-state index >= 15 is 0 Å². The minimum atomic E-state index is 0.0672. The molecule has 0 fully saturated rings. The molecule has 1 aromatic heterocycles. The number of methoxy groups -OCH3 is 1. The van der Waals surface area contributed by atoms with E-state index in [0.29, 0.717) is 18.3 Å². The molecule has 0 unspecified atom stereocenters. The highest BCUT2D eigenvalue weighted by molar-refractivity contribution is 6.28. The summed E-state index contributed by atoms with van der Waals surface area (Å²) in [5.74, 6) is 0.988. The summed E-state index contributed by atoms with van der Waals surface area (Å²) in [5, 5.41) is 3.12. The summed E-state index contributed by atoms with van der Waals surface area (Å²) in [6.45, 7) is 4.28. The summed E-state index contributed by atoms with van der Waals surface area (Å²) >= 11 is 5.84. The van der Waals surface area contributed by atoms with E-state index in [0.717, 1.165) is 11.3 Å². The van der Waals surface area contributed by atoms with Crippen molar-refractivity contribution in [1.82, 2.24) is 15.0 Å². The molecule has 2 rings (SSSR count). The molecule has 1 heterocycles. The van der Waals surface area contributed by atoms with Crippen LogP contribution in [0.1, 0.15) is 12.5 Å². The summed E-state index contributed by atoms with van der Waals surface area (Å²) in [6, 6.07) is 5.93. The van der Waals surface area contributed by atoms with Crippen molar-refractivity contribution in [1.29, 1.82) is 0 Å². The van der Waals surface area contributed by atoms with Crippen molar-refractivity contribution in [3.05, 3.63) is 29.0 Å². The fourth-order valence-corrected chi connectivity index (χ4v) is 1.77. The van der Waals surface area contributed by atoms with Crippen LogP contribution in [-0.2, 0) is 0 Å². The van der Waals surface area contributed by atoms with E-state index in [1.165, 1.54) is 0 Å². The number of anilines is 2. The Balaban J connectivity index is 2.31. The van der Waals surface area contributed by atoms with Crippen molar-refractivity contribution < 1.29 is 9.47 Å². The average molecular weight is 295 g/mol. The third-order valence-electron chi connectivity index (χ3n) is 2.46. The molecule has 0 bridgehead atoms. The molecule has 0 aliphatic carbocycles. The molecule has 0 saturated heterocycles. The lowest BCUT2D eigenvalue weighted by molar-refractivity contribution is 0.312. The molecule has 0 saturated carbocycles. The summed E-state index contributed by atoms with van der Waals surface area (Å²) in [7, 11) is 1.60. The third kappa shape index (κ3) is 3.48. The number of ether oxygens (including phenoxy) is 2. The molecule has 0 aliphatic heterocycles. The third-order valence-corrected chi connectivity index (χ3v) is 2.63. The van der Waals surface area contributed by atoms with Gasteiger partial charge in [0.25, 0.3) is 0 Å². The van der Waals surface area contributed by atoms with Gasteiger partial charge < -0.3 is 14.8 Å². The van der Waals surface area contributed by atoms with Crippen LogP contribution in [0.25, 0.3) is 0 Å². The Hall–Kier alpha value is -2.08. The highest BCUT2D eigenvalue weighted by Crippen LogP contribution is 2.28. The molecule has 106 valence electrons. The number of hydrogen-bond donors (Lipinski definition) is 1. The number of rotatable bonds is 5. The maximum Gasteiger partial charge on any atom is 0.322 e. The summed E-state index contributed by atoms with van der Waals surface area (Å²) in [5.41, 5.74) is 1.83. The van der Waals surface area contributed by atoms with Crippen LogP contribution in [0, 0.1) is 6.92 Å². The van der Waals surface area contributed by atoms with Crippen molar-refractivity contribution in [2.24, 2.45) is 0 Å². The van der Waals surface area contributed by atoms with Crippen LogP contribution in [-0.4, -0.2) is 28.7 Å². The van der Waals surface area contributed by atoms with Gasteiger partial charge in [-0.25, -0.2) is 0 Å². The minimum Gasteiger partial charge on any atom is -0.495 e. The number of hydrogen-bond acceptors (Lipinski definition) is 6. The predicted molar refractivity (Wildman–Crippen MR) is 77.0 cm³/mol. The Kier molecular flexibility index (Phi) is 4.57. The standard InChI is InChI=1S/C13H15ClN4O2/c1-4-20-13-17-11(14)16-12(18-13)15-9-7-8(2)5-6-10(9)19-3/h5-7H,4H2,1-3H3,(H,15,16,17,18). The number of aryl methyl sites for hydroxylation is 1. The number of halogens is 1. The predicted octanol–water partition coefficient (Wildman–Crippen LogP) is 2.98. The lowest BCUT2D eigenvalue weighted by Crippen LogP contribution is -2.04. The molecular weight excluding hydrogens is 280 g/mol. The fourth-order valence-electron chi connectivity index (χ4n) is 1.62. The van der Waals surface area contributed by atoms with Gasteiger partial charge in [-0.2, -0.15) is 15.0 Å². The molecule has 7 heteroatoms. The molecule has 20 heavy (non-hydrogen) atoms. The van der Waals surface area contributed by atoms with Gasteiger partial charge in [0.15, 0.2) is 0 Å². The van der Waals surface area contributed by atoms with Crippen molar-refractivity contribution in [3.8, 4) is 11.8 Å². The maximum absolute atomic E-state index is 5.84. The first-order valence-electron chi connectivity index (χ1n) is 6.08. The highest BCUT2D eigenvalue weighted by atomic mass is 35.5. The van der Waals surface area contributed by atoms with Gasteiger partial charge in [-0.1, -0.05) is 6.07 Å². The minimum absolute atomic E-state index is 0.0672. The summed E-state index contributed by atoms with van der Waals surface area (Å²) in [4.78, 5) is 12.0. The molecule has 0 radical (unpaired) electrons. The van der Waals surface area contributed by atoms with E-state index in [1.807, 2.05) is 32.0 Å². The second-order valence-corrected chi connectivity index (χ2v) is 4.31. The van der Waals surface area contributed by atoms with Gasteiger partial charge >= 0.3 is 6.01 Å². The molecule has 0 atom stereocenters. The normalized spacial score (nSPS) is 10.2. The fraction of sp³-hybridized carbons (Fsp3) is 0.308. The average Bonchev–Trinajstić information content (AvgIpc) is 2.38. The highest BCUT2D eigenvalue weighted by Gasteiger charge is 2.09. The van der Waals surface area contributed by atoms with Gasteiger partial charge in [0.05, 0.1) is 19.4 Å². The van der Waals surface area contributed by atoms with E-state index < -0.39 is 0 Å². The van der Waals surface area contributed by atoms with Gasteiger partial charge in [-0.3, -0.25) is 0 Å². The lowest BCUT2D eigenvalue weighted by atomic mass is 10.2. The monoisotopic (exact) mass is 294 g/mol. The first-order valence-corrected chi connectivity index (χ1v) is 6.46. The van der Waals surface area contributed by atoms with Crippen molar-refractivity contribution in [3.63, 3.8) is 0 Å². The maximum atomic E-state index is 5.84. The van der Waals surface area contributed by atoms with Crippen LogP contribution in [0.5, 0.6) is 11.8 Å². The topological polar surface area (TPSA) is 69.2 Å². The van der Waals surface area contributed by atoms with Gasteiger partial charge in [0.1, 0.15) is 5.75 Å². The lowest BCUT2D eigenvalue weighted by Gasteiger charge is -2.11. The van der Waals surface area contributed by atoms with Crippen molar-refractivity contribution in [2.45, 2.75) is 13.8 Å². The van der Waals surface area contributed by atoms with Crippen LogP contribution in [0.3, 0.4) is 0 Å². The Morgan fingerprint density at radius 1 is 1.25 bits per heavy atom. The van der Waals surface area contributed by atoms with Gasteiger partial charge in [-0.05, 0) is 43.1 Å². The molecule has 0 aliphatic rings. The SMILES string of the molecule is CCOc1nc(Cl)nc(Nc2cc(C)ccc2OC)n1. The van der Waals surface area contributed by atoms with E-state index in [-0.39, 0.29) is 11.3 Å². The van der Waals surface area contributed by atoms with Crippen molar-refractivity contribution in [2.75, 3.05) is 19.0 Å². The van der Waals surface area contributed by atoms with Gasteiger partial charge in [0, 0.05) is 0 Å². The van der Waals surface area contributed by atoms with E-state index in [4.69, 9.17) is 21.1 Å². The van der Waals surface area contributed by atoms with Crippen LogP contribution in [0.4, 0.5) is 11.6 Å². The number of aromatic nitrogens is 3. The molecule has 0 spiro atoms. The molecule has 1 N–H and O–H groups in total. The van der Waals surface area contributed by atoms with Gasteiger partial charge in [0.2, 0.25) is 11.2 Å². The Morgan fingerprint density at radius 3 is 2.75 bits per heavy atom. The second-order valence-electron chi connectivity index (χ2n) is 3.97.